The first-order valence-electron chi connectivity index (χ1n) is 3.95. The van der Waals surface area contributed by atoms with E-state index in [0.717, 1.165) is 5.33 Å². The fourth-order valence-electron chi connectivity index (χ4n) is 0.353. The Balaban J connectivity index is 0. The molecule has 0 bridgehead atoms. The minimum Gasteiger partial charge on any atom is -0.295 e. The molecule has 1 nitrogen and oxygen atoms in total. The number of hydrogen-bond donors (Lipinski definition) is 0. The normalized spacial score (nSPS) is 9.64. The molecule has 0 heterocycles. The molecule has 0 fully saturated rings. The van der Waals surface area contributed by atoms with Crippen LogP contribution in [0.15, 0.2) is 12.2 Å². The van der Waals surface area contributed by atoms with Gasteiger partial charge in [-0.25, -0.2) is 0 Å². The molecule has 0 unspecified atom stereocenters. The van der Waals surface area contributed by atoms with Crippen molar-refractivity contribution >= 4 is 21.7 Å². The summed E-state index contributed by atoms with van der Waals surface area (Å²) in [5.74, 6) is 0.315. The number of carbonyl (C=O) groups excluding carboxylic acids is 1. The number of ketones is 1. The summed E-state index contributed by atoms with van der Waals surface area (Å²) in [4.78, 5) is 10.8. The third-order valence-electron chi connectivity index (χ3n) is 0.940. The van der Waals surface area contributed by atoms with E-state index in [2.05, 4.69) is 15.9 Å². The van der Waals surface area contributed by atoms with Crippen LogP contribution in [0.25, 0.3) is 0 Å². The molecule has 0 amide bonds. The van der Waals surface area contributed by atoms with Crippen molar-refractivity contribution in [3.63, 3.8) is 0 Å². The van der Waals surface area contributed by atoms with E-state index < -0.39 is 0 Å². The second kappa shape index (κ2) is 9.89. The summed E-state index contributed by atoms with van der Waals surface area (Å²) >= 11 is 3.19. The molecule has 0 aromatic heterocycles. The smallest absolute Gasteiger partial charge is 0.157 e. The van der Waals surface area contributed by atoms with Crippen LogP contribution in [0.2, 0.25) is 0 Å². The molecule has 0 aromatic carbocycles. The molecule has 11 heavy (non-hydrogen) atoms. The van der Waals surface area contributed by atoms with Crippen molar-refractivity contribution in [2.75, 3.05) is 5.33 Å². The molecule has 0 aliphatic rings. The van der Waals surface area contributed by atoms with Crippen LogP contribution in [0, 0.1) is 5.92 Å². The fourth-order valence-corrected chi connectivity index (χ4v) is 0.540. The predicted octanol–water partition coefficient (Wildman–Crippen LogP) is 3.19. The highest BCUT2D eigenvalue weighted by atomic mass is 79.9. The van der Waals surface area contributed by atoms with Gasteiger partial charge in [-0.2, -0.15) is 0 Å². The average Bonchev–Trinajstić information content (AvgIpc) is 2.03. The van der Waals surface area contributed by atoms with Crippen LogP contribution >= 0.6 is 15.9 Å². The van der Waals surface area contributed by atoms with Crippen LogP contribution in [0.3, 0.4) is 0 Å². The van der Waals surface area contributed by atoms with Gasteiger partial charge in [-0.05, 0) is 6.08 Å². The quantitative estimate of drug-likeness (QED) is 0.528. The number of alkyl halides is 1. The van der Waals surface area contributed by atoms with Gasteiger partial charge in [0.05, 0.1) is 0 Å². The van der Waals surface area contributed by atoms with Gasteiger partial charge in [0.15, 0.2) is 5.78 Å². The van der Waals surface area contributed by atoms with Gasteiger partial charge in [-0.1, -0.05) is 49.7 Å². The summed E-state index contributed by atoms with van der Waals surface area (Å²) in [6.45, 7) is 7.78. The second-order valence-corrected chi connectivity index (χ2v) is 2.76. The number of rotatable bonds is 3. The molecule has 0 atom stereocenters. The fraction of sp³-hybridized carbons (Fsp3) is 0.667. The van der Waals surface area contributed by atoms with Gasteiger partial charge in [-0.3, -0.25) is 4.79 Å². The van der Waals surface area contributed by atoms with E-state index in [1.165, 1.54) is 0 Å². The minimum atomic E-state index is 0.125. The Labute approximate surface area is 78.0 Å². The van der Waals surface area contributed by atoms with Gasteiger partial charge >= 0.3 is 0 Å². The topological polar surface area (TPSA) is 17.1 Å². The average molecular weight is 221 g/mol. The molecular weight excluding hydrogens is 204 g/mol. The second-order valence-electron chi connectivity index (χ2n) is 2.11. The summed E-state index contributed by atoms with van der Waals surface area (Å²) in [6, 6.07) is 0. The zero-order valence-corrected chi connectivity index (χ0v) is 9.31. The number of allylic oxidation sites excluding steroid dienone is 2. The molecule has 0 aromatic rings. The Morgan fingerprint density at radius 3 is 2.18 bits per heavy atom. The molecule has 0 aliphatic carbocycles. The zero-order chi connectivity index (χ0) is 9.28. The monoisotopic (exact) mass is 220 g/mol. The van der Waals surface area contributed by atoms with Crippen LogP contribution < -0.4 is 0 Å². The predicted molar refractivity (Wildman–Crippen MR) is 54.1 cm³/mol. The van der Waals surface area contributed by atoms with Crippen molar-refractivity contribution < 1.29 is 4.79 Å². The van der Waals surface area contributed by atoms with E-state index in [-0.39, 0.29) is 11.7 Å². The van der Waals surface area contributed by atoms with Gasteiger partial charge in [-0.15, -0.1) is 0 Å². The van der Waals surface area contributed by atoms with E-state index in [1.54, 1.807) is 6.08 Å². The van der Waals surface area contributed by atoms with Crippen LogP contribution in [0.4, 0.5) is 0 Å². The van der Waals surface area contributed by atoms with Gasteiger partial charge in [0, 0.05) is 11.2 Å². The minimum absolute atomic E-state index is 0.125. The molecule has 0 spiro atoms. The lowest BCUT2D eigenvalue weighted by Gasteiger charge is -1.94. The summed E-state index contributed by atoms with van der Waals surface area (Å²) < 4.78 is 0. The SMILES string of the molecule is CC.CC(C)C(=O)/C=C/CBr. The lowest BCUT2D eigenvalue weighted by Crippen LogP contribution is -2.01. The molecule has 2 heteroatoms. The van der Waals surface area contributed by atoms with Gasteiger partial charge in [0.1, 0.15) is 0 Å². The first-order valence-corrected chi connectivity index (χ1v) is 5.07. The standard InChI is InChI=1S/C7H11BrO.C2H6/c1-6(2)7(9)4-3-5-8;1-2/h3-4,6H,5H2,1-2H3;1-2H3/b4-3+;. The first-order chi connectivity index (χ1) is 5.18. The van der Waals surface area contributed by atoms with E-state index >= 15 is 0 Å². The Kier molecular flexibility index (Phi) is 12.1. The lowest BCUT2D eigenvalue weighted by molar-refractivity contribution is -0.117. The van der Waals surface area contributed by atoms with E-state index in [0.29, 0.717) is 0 Å². The maximum Gasteiger partial charge on any atom is 0.157 e. The highest BCUT2D eigenvalue weighted by molar-refractivity contribution is 9.09. The van der Waals surface area contributed by atoms with Crippen LogP contribution in [0.5, 0.6) is 0 Å². The molecule has 0 radical (unpaired) electrons. The molecule has 0 rings (SSSR count). The Bertz CT molecular complexity index is 117. The number of halogens is 1. The van der Waals surface area contributed by atoms with Crippen molar-refractivity contribution in [3.8, 4) is 0 Å². The molecule has 0 saturated heterocycles. The van der Waals surface area contributed by atoms with Crippen molar-refractivity contribution in [3.05, 3.63) is 12.2 Å². The summed E-state index contributed by atoms with van der Waals surface area (Å²) in [5, 5.41) is 0.755. The van der Waals surface area contributed by atoms with Crippen molar-refractivity contribution in [2.24, 2.45) is 5.92 Å². The van der Waals surface area contributed by atoms with Gasteiger partial charge in [0.2, 0.25) is 0 Å². The lowest BCUT2D eigenvalue weighted by atomic mass is 10.1. The summed E-state index contributed by atoms with van der Waals surface area (Å²) in [6.07, 6.45) is 3.42. The molecule has 0 aliphatic heterocycles. The number of hydrogen-bond acceptors (Lipinski definition) is 1. The highest BCUT2D eigenvalue weighted by Gasteiger charge is 1.99. The van der Waals surface area contributed by atoms with Crippen LogP contribution in [0.1, 0.15) is 27.7 Å². The Morgan fingerprint density at radius 2 is 1.91 bits per heavy atom. The molecular formula is C9H17BrO. The maximum absolute atomic E-state index is 10.8. The van der Waals surface area contributed by atoms with Gasteiger partial charge in [0.25, 0.3) is 0 Å². The number of carbonyl (C=O) groups is 1. The van der Waals surface area contributed by atoms with E-state index in [1.807, 2.05) is 33.8 Å². The molecule has 0 saturated carbocycles. The maximum atomic E-state index is 10.8. The third kappa shape index (κ3) is 9.89. The molecule has 0 N–H and O–H groups in total. The van der Waals surface area contributed by atoms with Crippen LogP contribution in [-0.2, 0) is 4.79 Å². The van der Waals surface area contributed by atoms with Crippen molar-refractivity contribution in [2.45, 2.75) is 27.7 Å². The Morgan fingerprint density at radius 1 is 1.45 bits per heavy atom. The molecule has 66 valence electrons. The first kappa shape index (κ1) is 13.5. The van der Waals surface area contributed by atoms with Crippen molar-refractivity contribution in [1.29, 1.82) is 0 Å². The largest absolute Gasteiger partial charge is 0.295 e. The zero-order valence-electron chi connectivity index (χ0n) is 7.73. The van der Waals surface area contributed by atoms with Crippen molar-refractivity contribution in [1.82, 2.24) is 0 Å². The summed E-state index contributed by atoms with van der Waals surface area (Å²) in [7, 11) is 0. The van der Waals surface area contributed by atoms with E-state index in [4.69, 9.17) is 0 Å². The van der Waals surface area contributed by atoms with Crippen LogP contribution in [-0.4, -0.2) is 11.1 Å². The summed E-state index contributed by atoms with van der Waals surface area (Å²) in [5.41, 5.74) is 0. The Hall–Kier alpha value is -0.110. The van der Waals surface area contributed by atoms with Gasteiger partial charge < -0.3 is 0 Å². The third-order valence-corrected chi connectivity index (χ3v) is 1.31. The van der Waals surface area contributed by atoms with E-state index in [9.17, 15) is 4.79 Å². The highest BCUT2D eigenvalue weighted by Crippen LogP contribution is 1.95.